The zero-order valence-corrected chi connectivity index (χ0v) is 20.3. The average molecular weight is 476 g/mol. The molecule has 2 atom stereocenters. The Hall–Kier alpha value is -3.18. The van der Waals surface area contributed by atoms with Gasteiger partial charge in [-0.3, -0.25) is 19.9 Å². The standard InChI is InChI=1S/C26H29N5O2S/c1-26(21-13-20(15-34-21)19-5-3-4-16(12-19)14-27)22(24(33)30(2)25(28)29-26)17-8-10-31(11-9-17)23(32)18-6-7-18/h3-5,12-13,15,17-18,22H,6-11H2,1-2H3,(H2,28,29)/t22-,26+/m0/s1. The minimum Gasteiger partial charge on any atom is -0.345 e. The maximum absolute atomic E-state index is 13.6. The van der Waals surface area contributed by atoms with Gasteiger partial charge in [-0.05, 0) is 73.2 Å². The number of carbonyl (C=O) groups is 2. The summed E-state index contributed by atoms with van der Waals surface area (Å²) in [5.74, 6) is 0.343. The van der Waals surface area contributed by atoms with Gasteiger partial charge in [0.1, 0.15) is 0 Å². The van der Waals surface area contributed by atoms with Crippen LogP contribution in [0.3, 0.4) is 0 Å². The summed E-state index contributed by atoms with van der Waals surface area (Å²) in [7, 11) is 1.66. The molecule has 7 nitrogen and oxygen atoms in total. The predicted octanol–water partition coefficient (Wildman–Crippen LogP) is 3.76. The largest absolute Gasteiger partial charge is 0.345 e. The highest BCUT2D eigenvalue weighted by Gasteiger charge is 2.52. The fourth-order valence-corrected chi connectivity index (χ4v) is 6.51. The van der Waals surface area contributed by atoms with Gasteiger partial charge in [0.15, 0.2) is 5.96 Å². The van der Waals surface area contributed by atoms with Crippen LogP contribution in [0.4, 0.5) is 0 Å². The van der Waals surface area contributed by atoms with Gasteiger partial charge in [-0.15, -0.1) is 11.3 Å². The zero-order valence-electron chi connectivity index (χ0n) is 19.5. The molecule has 34 heavy (non-hydrogen) atoms. The molecule has 0 unspecified atom stereocenters. The molecule has 2 N–H and O–H groups in total. The van der Waals surface area contributed by atoms with Crippen LogP contribution in [0.2, 0.25) is 0 Å². The van der Waals surface area contributed by atoms with Crippen molar-refractivity contribution < 1.29 is 9.59 Å². The third-order valence-electron chi connectivity index (χ3n) is 7.62. The molecule has 2 aliphatic heterocycles. The summed E-state index contributed by atoms with van der Waals surface area (Å²) in [5, 5.41) is 23.1. The molecule has 5 rings (SSSR count). The van der Waals surface area contributed by atoms with E-state index in [2.05, 4.69) is 22.8 Å². The molecule has 1 aromatic heterocycles. The van der Waals surface area contributed by atoms with Crippen molar-refractivity contribution in [1.82, 2.24) is 15.1 Å². The fraction of sp³-hybridized carbons (Fsp3) is 0.462. The molecular formula is C26H29N5O2S. The molecule has 0 bridgehead atoms. The Morgan fingerprint density at radius 3 is 2.62 bits per heavy atom. The lowest BCUT2D eigenvalue weighted by Crippen LogP contribution is -2.65. The number of carbonyl (C=O) groups excluding carboxylic acids is 2. The van der Waals surface area contributed by atoms with E-state index in [1.807, 2.05) is 30.0 Å². The van der Waals surface area contributed by atoms with Gasteiger partial charge < -0.3 is 10.2 Å². The summed E-state index contributed by atoms with van der Waals surface area (Å²) in [6, 6.07) is 11.8. The third-order valence-corrected chi connectivity index (χ3v) is 8.79. The highest BCUT2D eigenvalue weighted by atomic mass is 32.1. The molecule has 1 saturated carbocycles. The van der Waals surface area contributed by atoms with Gasteiger partial charge in [-0.1, -0.05) is 12.1 Å². The lowest BCUT2D eigenvalue weighted by Gasteiger charge is -2.49. The maximum atomic E-state index is 13.6. The molecule has 1 aliphatic carbocycles. The number of nitrogens with zero attached hydrogens (tertiary/aromatic N) is 3. The van der Waals surface area contributed by atoms with E-state index in [0.29, 0.717) is 18.7 Å². The highest BCUT2D eigenvalue weighted by molar-refractivity contribution is 7.10. The van der Waals surface area contributed by atoms with Gasteiger partial charge in [-0.25, -0.2) is 0 Å². The van der Waals surface area contributed by atoms with Gasteiger partial charge in [0.05, 0.1) is 23.1 Å². The molecule has 1 aromatic carbocycles. The summed E-state index contributed by atoms with van der Waals surface area (Å²) in [6.45, 7) is 3.41. The number of thiophene rings is 1. The first kappa shape index (κ1) is 22.6. The Bertz CT molecular complexity index is 1190. The predicted molar refractivity (Wildman–Crippen MR) is 131 cm³/mol. The van der Waals surface area contributed by atoms with Crippen LogP contribution in [-0.4, -0.2) is 47.7 Å². The van der Waals surface area contributed by atoms with Crippen LogP contribution in [0.5, 0.6) is 0 Å². The molecule has 8 heteroatoms. The second kappa shape index (κ2) is 8.55. The van der Waals surface area contributed by atoms with Crippen molar-refractivity contribution in [1.29, 1.82) is 10.7 Å². The Balaban J connectivity index is 1.44. The SMILES string of the molecule is CN1C(=N)N[C@](C)(c2cc(-c3cccc(C#N)c3)cs2)[C@@H](C2CCN(C(=O)C3CC3)CC2)C1=O. The molecule has 2 amide bonds. The van der Waals surface area contributed by atoms with Crippen molar-refractivity contribution in [3.63, 3.8) is 0 Å². The number of likely N-dealkylation sites (tertiary alicyclic amines) is 1. The summed E-state index contributed by atoms with van der Waals surface area (Å²) in [4.78, 5) is 30.5. The van der Waals surface area contributed by atoms with Crippen LogP contribution < -0.4 is 5.32 Å². The second-order valence-corrected chi connectivity index (χ2v) is 10.8. The smallest absolute Gasteiger partial charge is 0.235 e. The van der Waals surface area contributed by atoms with Crippen LogP contribution in [0.1, 0.15) is 43.0 Å². The Labute approximate surface area is 203 Å². The van der Waals surface area contributed by atoms with Crippen molar-refractivity contribution >= 4 is 29.1 Å². The van der Waals surface area contributed by atoms with Crippen LogP contribution in [0.15, 0.2) is 35.7 Å². The van der Waals surface area contributed by atoms with E-state index in [0.717, 1.165) is 41.7 Å². The summed E-state index contributed by atoms with van der Waals surface area (Å²) in [5.41, 5.74) is 1.85. The zero-order chi connectivity index (χ0) is 24.0. The number of nitrogens with one attached hydrogen (secondary N) is 2. The van der Waals surface area contributed by atoms with Crippen molar-refractivity contribution in [2.45, 2.75) is 38.1 Å². The van der Waals surface area contributed by atoms with Crippen molar-refractivity contribution in [3.8, 4) is 17.2 Å². The monoisotopic (exact) mass is 475 g/mol. The van der Waals surface area contributed by atoms with Gasteiger partial charge in [-0.2, -0.15) is 5.26 Å². The van der Waals surface area contributed by atoms with Crippen LogP contribution in [0.25, 0.3) is 11.1 Å². The first-order valence-electron chi connectivity index (χ1n) is 11.8. The normalized spacial score (nSPS) is 25.7. The number of nitriles is 1. The van der Waals surface area contributed by atoms with Gasteiger partial charge >= 0.3 is 0 Å². The molecule has 0 radical (unpaired) electrons. The quantitative estimate of drug-likeness (QED) is 0.703. The highest BCUT2D eigenvalue weighted by Crippen LogP contribution is 2.45. The number of rotatable bonds is 4. The molecule has 2 saturated heterocycles. The van der Waals surface area contributed by atoms with Gasteiger partial charge in [0, 0.05) is 30.9 Å². The average Bonchev–Trinajstić information content (AvgIpc) is 3.58. The van der Waals surface area contributed by atoms with E-state index in [4.69, 9.17) is 5.41 Å². The molecule has 3 fully saturated rings. The number of amides is 2. The molecule has 176 valence electrons. The van der Waals surface area contributed by atoms with E-state index in [-0.39, 0.29) is 35.5 Å². The second-order valence-electron chi connectivity index (χ2n) is 9.88. The first-order chi connectivity index (χ1) is 16.3. The number of guanidine groups is 1. The topological polar surface area (TPSA) is 100 Å². The third kappa shape index (κ3) is 3.88. The Morgan fingerprint density at radius 2 is 1.94 bits per heavy atom. The van der Waals surface area contributed by atoms with Crippen LogP contribution >= 0.6 is 11.3 Å². The Kier molecular flexibility index (Phi) is 5.68. The van der Waals surface area contributed by atoms with Crippen LogP contribution in [0, 0.1) is 34.5 Å². The lowest BCUT2D eigenvalue weighted by atomic mass is 9.70. The van der Waals surface area contributed by atoms with E-state index < -0.39 is 5.54 Å². The van der Waals surface area contributed by atoms with E-state index in [1.165, 1.54) is 4.90 Å². The van der Waals surface area contributed by atoms with Crippen LogP contribution in [-0.2, 0) is 15.1 Å². The number of piperidine rings is 1. The van der Waals surface area contributed by atoms with Crippen molar-refractivity contribution in [2.75, 3.05) is 20.1 Å². The van der Waals surface area contributed by atoms with Gasteiger partial charge in [0.25, 0.3) is 0 Å². The molecule has 0 spiro atoms. The van der Waals surface area contributed by atoms with E-state index in [9.17, 15) is 14.9 Å². The molecule has 3 heterocycles. The lowest BCUT2D eigenvalue weighted by molar-refractivity contribution is -0.140. The van der Waals surface area contributed by atoms with Gasteiger partial charge in [0.2, 0.25) is 11.8 Å². The van der Waals surface area contributed by atoms with Crippen molar-refractivity contribution in [3.05, 3.63) is 46.2 Å². The summed E-state index contributed by atoms with van der Waals surface area (Å²) in [6.07, 6.45) is 3.59. The molecule has 3 aliphatic rings. The van der Waals surface area contributed by atoms with E-state index in [1.54, 1.807) is 24.5 Å². The Morgan fingerprint density at radius 1 is 1.21 bits per heavy atom. The summed E-state index contributed by atoms with van der Waals surface area (Å²) >= 11 is 1.58. The number of hydrogen-bond acceptors (Lipinski definition) is 5. The fourth-order valence-electron chi connectivity index (χ4n) is 5.43. The minimum atomic E-state index is -0.718. The van der Waals surface area contributed by atoms with Crippen molar-refractivity contribution in [2.24, 2.45) is 17.8 Å². The molecular weight excluding hydrogens is 446 g/mol. The number of benzene rings is 1. The van der Waals surface area contributed by atoms with E-state index >= 15 is 0 Å². The number of hydrogen-bond donors (Lipinski definition) is 2. The summed E-state index contributed by atoms with van der Waals surface area (Å²) < 4.78 is 0. The molecule has 2 aromatic rings. The minimum absolute atomic E-state index is 0.0420. The first-order valence-corrected chi connectivity index (χ1v) is 12.7. The maximum Gasteiger partial charge on any atom is 0.235 e.